The second-order valence-corrected chi connectivity index (χ2v) is 9.51. The van der Waals surface area contributed by atoms with Gasteiger partial charge in [-0.15, -0.1) is 0 Å². The Balaban J connectivity index is 1.67. The molecule has 196 valence electrons. The molecule has 2 aromatic rings. The van der Waals surface area contributed by atoms with Gasteiger partial charge in [-0.3, -0.25) is 19.7 Å². The molecule has 2 aliphatic carbocycles. The van der Waals surface area contributed by atoms with Crippen molar-refractivity contribution >= 4 is 23.7 Å². The van der Waals surface area contributed by atoms with E-state index in [1.54, 1.807) is 62.8 Å². The van der Waals surface area contributed by atoms with Crippen LogP contribution in [0.1, 0.15) is 24.0 Å². The Hall–Kier alpha value is -4.26. The molecule has 0 heterocycles. The number of nitro groups is 1. The van der Waals surface area contributed by atoms with Gasteiger partial charge in [0.2, 0.25) is 6.04 Å². The van der Waals surface area contributed by atoms with Gasteiger partial charge >= 0.3 is 0 Å². The van der Waals surface area contributed by atoms with Crippen molar-refractivity contribution in [3.63, 3.8) is 0 Å². The standard InChI is InChI=1S/C31H31NO6/c1-37-24-14-8-22(9-15-24)11-19-28(33)30-26(18-10-21-6-4-3-5-7-21)31(32(35)36)27(20-29(30)34)23-12-16-25(38-2)17-13-23/h3-12,14-19,23,26-27,30-31H,13,20H2,1-2H3/b18-10+,19-11+/t23?,26-,27+,30?,31+/m0/s1. The van der Waals surface area contributed by atoms with Crippen molar-refractivity contribution in [3.8, 4) is 5.75 Å². The molecule has 0 aromatic heterocycles. The number of ketones is 2. The third-order valence-corrected chi connectivity index (χ3v) is 7.30. The maximum Gasteiger partial charge on any atom is 0.224 e. The van der Waals surface area contributed by atoms with Gasteiger partial charge in [0.1, 0.15) is 17.3 Å². The topological polar surface area (TPSA) is 95.7 Å². The molecule has 7 nitrogen and oxygen atoms in total. The number of Topliss-reactive ketones (excluding diaryl/α,β-unsaturated/α-hetero) is 1. The fraction of sp³-hybridized carbons (Fsp3) is 0.290. The predicted octanol–water partition coefficient (Wildman–Crippen LogP) is 5.56. The normalized spacial score (nSPS) is 25.4. The lowest BCUT2D eigenvalue weighted by Crippen LogP contribution is -2.51. The molecule has 0 radical (unpaired) electrons. The second kappa shape index (κ2) is 12.3. The third-order valence-electron chi connectivity index (χ3n) is 7.30. The number of ether oxygens (including phenoxy) is 2. The van der Waals surface area contributed by atoms with Crippen LogP contribution in [-0.2, 0) is 14.3 Å². The van der Waals surface area contributed by atoms with Gasteiger partial charge in [-0.05, 0) is 53.8 Å². The summed E-state index contributed by atoms with van der Waals surface area (Å²) in [4.78, 5) is 39.1. The first kappa shape index (κ1) is 26.8. The number of hydrogen-bond acceptors (Lipinski definition) is 6. The van der Waals surface area contributed by atoms with Crippen LogP contribution in [-0.4, -0.2) is 36.8 Å². The molecule has 0 amide bonds. The second-order valence-electron chi connectivity index (χ2n) is 9.51. The molecule has 0 saturated heterocycles. The number of nitrogens with zero attached hydrogens (tertiary/aromatic N) is 1. The van der Waals surface area contributed by atoms with Gasteiger partial charge in [0.05, 0.1) is 26.1 Å². The Kier molecular flexibility index (Phi) is 8.69. The molecule has 7 heteroatoms. The Morgan fingerprint density at radius 3 is 2.32 bits per heavy atom. The summed E-state index contributed by atoms with van der Waals surface area (Å²) >= 11 is 0. The van der Waals surface area contributed by atoms with Crippen molar-refractivity contribution in [1.29, 1.82) is 0 Å². The number of allylic oxidation sites excluding steroid dienone is 4. The summed E-state index contributed by atoms with van der Waals surface area (Å²) in [5.74, 6) is -2.08. The fourth-order valence-electron chi connectivity index (χ4n) is 5.32. The molecule has 1 fully saturated rings. The smallest absolute Gasteiger partial charge is 0.224 e. The van der Waals surface area contributed by atoms with Crippen LogP contribution in [0.4, 0.5) is 0 Å². The van der Waals surface area contributed by atoms with Crippen LogP contribution >= 0.6 is 0 Å². The molecular formula is C31H31NO6. The van der Waals surface area contributed by atoms with E-state index < -0.39 is 29.6 Å². The highest BCUT2D eigenvalue weighted by atomic mass is 16.6. The largest absolute Gasteiger partial charge is 0.497 e. The minimum absolute atomic E-state index is 0.0285. The van der Waals surface area contributed by atoms with Crippen LogP contribution in [0.2, 0.25) is 0 Å². The highest BCUT2D eigenvalue weighted by molar-refractivity contribution is 6.10. The Labute approximate surface area is 222 Å². The summed E-state index contributed by atoms with van der Waals surface area (Å²) in [6.45, 7) is 0. The van der Waals surface area contributed by atoms with Crippen molar-refractivity contribution in [1.82, 2.24) is 0 Å². The summed E-state index contributed by atoms with van der Waals surface area (Å²) in [5, 5.41) is 12.5. The minimum Gasteiger partial charge on any atom is -0.497 e. The maximum absolute atomic E-state index is 13.5. The first-order chi connectivity index (χ1) is 18.4. The van der Waals surface area contributed by atoms with Crippen molar-refractivity contribution in [3.05, 3.63) is 112 Å². The van der Waals surface area contributed by atoms with Crippen LogP contribution in [0.15, 0.2) is 90.7 Å². The zero-order chi connectivity index (χ0) is 27.1. The van der Waals surface area contributed by atoms with E-state index in [0.29, 0.717) is 17.9 Å². The Morgan fingerprint density at radius 2 is 1.71 bits per heavy atom. The molecule has 38 heavy (non-hydrogen) atoms. The number of carbonyl (C=O) groups excluding carboxylic acids is 2. The van der Waals surface area contributed by atoms with E-state index in [4.69, 9.17) is 9.47 Å². The lowest BCUT2D eigenvalue weighted by molar-refractivity contribution is -0.543. The monoisotopic (exact) mass is 513 g/mol. The SMILES string of the molecule is COC1=CCC([C@H]2CC(=O)C(C(=O)/C=C/c3ccc(OC)cc3)[C@H](/C=C/c3ccccc3)[C@H]2[N+](=O)[O-])C=C1. The molecule has 0 aliphatic heterocycles. The summed E-state index contributed by atoms with van der Waals surface area (Å²) in [6, 6.07) is 15.4. The van der Waals surface area contributed by atoms with Crippen LogP contribution in [0.3, 0.4) is 0 Å². The van der Waals surface area contributed by atoms with Crippen LogP contribution in [0, 0.1) is 33.8 Å². The summed E-state index contributed by atoms with van der Waals surface area (Å²) in [6.07, 6.45) is 12.5. The minimum atomic E-state index is -1.13. The number of benzene rings is 2. The molecule has 4 rings (SSSR count). The third kappa shape index (κ3) is 6.17. The zero-order valence-electron chi connectivity index (χ0n) is 21.4. The lowest BCUT2D eigenvalue weighted by atomic mass is 9.63. The fourth-order valence-corrected chi connectivity index (χ4v) is 5.32. The molecule has 0 bridgehead atoms. The molecule has 5 atom stereocenters. The maximum atomic E-state index is 13.5. The van der Waals surface area contributed by atoms with E-state index in [2.05, 4.69) is 0 Å². The van der Waals surface area contributed by atoms with Crippen molar-refractivity contribution in [2.45, 2.75) is 18.9 Å². The zero-order valence-corrected chi connectivity index (χ0v) is 21.4. The number of methoxy groups -OCH3 is 2. The van der Waals surface area contributed by atoms with Gasteiger partial charge in [-0.1, -0.05) is 66.8 Å². The van der Waals surface area contributed by atoms with Gasteiger partial charge in [0.15, 0.2) is 5.78 Å². The predicted molar refractivity (Wildman–Crippen MR) is 146 cm³/mol. The van der Waals surface area contributed by atoms with Crippen molar-refractivity contribution in [2.75, 3.05) is 14.2 Å². The molecule has 0 N–H and O–H groups in total. The van der Waals surface area contributed by atoms with E-state index in [1.165, 1.54) is 6.08 Å². The van der Waals surface area contributed by atoms with Crippen molar-refractivity contribution in [2.24, 2.45) is 23.7 Å². The number of hydrogen-bond donors (Lipinski definition) is 0. The van der Waals surface area contributed by atoms with Gasteiger partial charge in [0.25, 0.3) is 0 Å². The quantitative estimate of drug-likeness (QED) is 0.188. The van der Waals surface area contributed by atoms with Crippen LogP contribution in [0.25, 0.3) is 12.2 Å². The number of rotatable bonds is 9. The summed E-state index contributed by atoms with van der Waals surface area (Å²) in [5.41, 5.74) is 1.60. The van der Waals surface area contributed by atoms with Crippen molar-refractivity contribution < 1.29 is 24.0 Å². The lowest BCUT2D eigenvalue weighted by Gasteiger charge is -2.38. The highest BCUT2D eigenvalue weighted by Gasteiger charge is 2.53. The van der Waals surface area contributed by atoms with E-state index in [-0.39, 0.29) is 23.0 Å². The summed E-state index contributed by atoms with van der Waals surface area (Å²) < 4.78 is 10.4. The van der Waals surface area contributed by atoms with E-state index in [0.717, 1.165) is 11.1 Å². The van der Waals surface area contributed by atoms with Gasteiger partial charge in [-0.2, -0.15) is 0 Å². The molecule has 0 spiro atoms. The molecular weight excluding hydrogens is 482 g/mol. The van der Waals surface area contributed by atoms with E-state index in [9.17, 15) is 19.7 Å². The average molecular weight is 514 g/mol. The van der Waals surface area contributed by atoms with Crippen LogP contribution in [0.5, 0.6) is 5.75 Å². The molecule has 2 aliphatic rings. The highest BCUT2D eigenvalue weighted by Crippen LogP contribution is 2.42. The Morgan fingerprint density at radius 1 is 1.00 bits per heavy atom. The summed E-state index contributed by atoms with van der Waals surface area (Å²) in [7, 11) is 3.14. The first-order valence-electron chi connectivity index (χ1n) is 12.6. The van der Waals surface area contributed by atoms with Gasteiger partial charge < -0.3 is 9.47 Å². The van der Waals surface area contributed by atoms with E-state index >= 15 is 0 Å². The Bertz CT molecular complexity index is 1280. The van der Waals surface area contributed by atoms with Gasteiger partial charge in [0, 0.05) is 17.3 Å². The average Bonchev–Trinajstić information content (AvgIpc) is 2.95. The van der Waals surface area contributed by atoms with Crippen LogP contribution < -0.4 is 4.74 Å². The van der Waals surface area contributed by atoms with E-state index in [1.807, 2.05) is 42.5 Å². The number of carbonyl (C=O) groups is 2. The van der Waals surface area contributed by atoms with Gasteiger partial charge in [-0.25, -0.2) is 0 Å². The molecule has 2 unspecified atom stereocenters. The molecule has 1 saturated carbocycles. The molecule has 2 aromatic carbocycles. The first-order valence-corrected chi connectivity index (χ1v) is 12.6.